The van der Waals surface area contributed by atoms with Gasteiger partial charge in [0.15, 0.2) is 0 Å². The van der Waals surface area contributed by atoms with E-state index in [1.54, 1.807) is 0 Å². The van der Waals surface area contributed by atoms with Crippen molar-refractivity contribution in [2.24, 2.45) is 5.73 Å². The van der Waals surface area contributed by atoms with Crippen molar-refractivity contribution < 1.29 is 9.59 Å². The molecule has 0 bridgehead atoms. The number of carbonyl (C=O) groups excluding carboxylic acids is 2. The summed E-state index contributed by atoms with van der Waals surface area (Å²) in [6.07, 6.45) is 6.24. The van der Waals surface area contributed by atoms with E-state index >= 15 is 0 Å². The molecule has 1 atom stereocenters. The lowest BCUT2D eigenvalue weighted by Crippen LogP contribution is -2.55. The van der Waals surface area contributed by atoms with Crippen molar-refractivity contribution in [3.8, 4) is 0 Å². The Hall–Kier alpha value is -1.88. The van der Waals surface area contributed by atoms with E-state index in [9.17, 15) is 9.59 Å². The lowest BCUT2D eigenvalue weighted by atomic mass is 9.81. The molecular weight excluding hydrogens is 302 g/mol. The molecule has 1 unspecified atom stereocenters. The molecule has 3 N–H and O–H groups in total. The topological polar surface area (TPSA) is 75.4 Å². The molecule has 0 aromatic heterocycles. The number of nitrogens with one attached hydrogen (secondary N) is 1. The summed E-state index contributed by atoms with van der Waals surface area (Å²) in [6, 6.07) is 7.75. The Bertz CT molecular complexity index is 623. The average molecular weight is 329 g/mol. The molecule has 5 nitrogen and oxygen atoms in total. The molecule has 24 heavy (non-hydrogen) atoms. The Morgan fingerprint density at radius 2 is 2.00 bits per heavy atom. The van der Waals surface area contributed by atoms with Gasteiger partial charge in [0, 0.05) is 18.7 Å². The molecule has 3 rings (SSSR count). The third-order valence-corrected chi connectivity index (χ3v) is 5.30. The van der Waals surface area contributed by atoms with Gasteiger partial charge in [-0.25, -0.2) is 0 Å². The van der Waals surface area contributed by atoms with Crippen LogP contribution >= 0.6 is 0 Å². The molecule has 1 aliphatic heterocycles. The smallest absolute Gasteiger partial charge is 0.240 e. The zero-order valence-electron chi connectivity index (χ0n) is 14.4. The zero-order valence-corrected chi connectivity index (χ0v) is 14.4. The summed E-state index contributed by atoms with van der Waals surface area (Å²) in [7, 11) is 0. The van der Waals surface area contributed by atoms with Gasteiger partial charge in [0.1, 0.15) is 0 Å². The van der Waals surface area contributed by atoms with Crippen LogP contribution in [-0.4, -0.2) is 23.9 Å². The van der Waals surface area contributed by atoms with E-state index in [1.165, 1.54) is 0 Å². The third-order valence-electron chi connectivity index (χ3n) is 5.30. The average Bonchev–Trinajstić information content (AvgIpc) is 3.01. The fourth-order valence-corrected chi connectivity index (χ4v) is 3.72. The van der Waals surface area contributed by atoms with Gasteiger partial charge in [-0.3, -0.25) is 9.59 Å². The first kappa shape index (κ1) is 17.0. The molecule has 2 fully saturated rings. The molecule has 130 valence electrons. The molecule has 1 aromatic carbocycles. The second-order valence-electron chi connectivity index (χ2n) is 7.16. The van der Waals surface area contributed by atoms with Crippen molar-refractivity contribution >= 4 is 17.5 Å². The highest BCUT2D eigenvalue weighted by atomic mass is 16.2. The molecule has 0 spiro atoms. The number of hydrogen-bond acceptors (Lipinski definition) is 3. The number of carbonyl (C=O) groups is 2. The van der Waals surface area contributed by atoms with Crippen LogP contribution in [0.3, 0.4) is 0 Å². The summed E-state index contributed by atoms with van der Waals surface area (Å²) in [4.78, 5) is 26.3. The fraction of sp³-hybridized carbons (Fsp3) is 0.579. The van der Waals surface area contributed by atoms with Crippen molar-refractivity contribution in [3.05, 3.63) is 29.8 Å². The molecule has 0 radical (unpaired) electrons. The van der Waals surface area contributed by atoms with Gasteiger partial charge >= 0.3 is 0 Å². The van der Waals surface area contributed by atoms with Gasteiger partial charge in [-0.15, -0.1) is 0 Å². The molecular formula is C19H27N3O2. The van der Waals surface area contributed by atoms with Crippen LogP contribution in [0.15, 0.2) is 24.3 Å². The van der Waals surface area contributed by atoms with E-state index in [1.807, 2.05) is 36.1 Å². The Morgan fingerprint density at radius 3 is 2.67 bits per heavy atom. The summed E-state index contributed by atoms with van der Waals surface area (Å²) in [5.41, 5.74) is 7.50. The number of benzene rings is 1. The quantitative estimate of drug-likeness (QED) is 0.891. The predicted octanol–water partition coefficient (Wildman–Crippen LogP) is 2.65. The van der Waals surface area contributed by atoms with E-state index in [0.29, 0.717) is 6.42 Å². The van der Waals surface area contributed by atoms with E-state index < -0.39 is 5.54 Å². The van der Waals surface area contributed by atoms with Crippen molar-refractivity contribution in [2.75, 3.05) is 11.4 Å². The maximum atomic E-state index is 12.6. The van der Waals surface area contributed by atoms with Crippen molar-refractivity contribution in [3.63, 3.8) is 0 Å². The van der Waals surface area contributed by atoms with E-state index in [0.717, 1.165) is 56.3 Å². The van der Waals surface area contributed by atoms with Gasteiger partial charge in [0.2, 0.25) is 11.8 Å². The Labute approximate surface area is 143 Å². The first-order chi connectivity index (χ1) is 11.5. The van der Waals surface area contributed by atoms with Crippen molar-refractivity contribution in [2.45, 2.75) is 63.5 Å². The highest BCUT2D eigenvalue weighted by Gasteiger charge is 2.35. The number of nitrogens with two attached hydrogens (primary N) is 1. The SMILES string of the molecule is CC(NC(=O)C1(N)CCCCC1)c1cccc(N2CCCC2=O)c1. The summed E-state index contributed by atoms with van der Waals surface area (Å²) >= 11 is 0. The molecule has 2 amide bonds. The molecule has 1 heterocycles. The molecule has 1 saturated heterocycles. The minimum absolute atomic E-state index is 0.0580. The summed E-state index contributed by atoms with van der Waals surface area (Å²) < 4.78 is 0. The van der Waals surface area contributed by atoms with Crippen LogP contribution in [0.25, 0.3) is 0 Å². The Kier molecular flexibility index (Phi) is 4.90. The predicted molar refractivity (Wildman–Crippen MR) is 94.6 cm³/mol. The summed E-state index contributed by atoms with van der Waals surface area (Å²) in [6.45, 7) is 2.74. The number of amides is 2. The minimum Gasteiger partial charge on any atom is -0.348 e. The number of rotatable bonds is 4. The number of hydrogen-bond donors (Lipinski definition) is 2. The minimum atomic E-state index is -0.727. The van der Waals surface area contributed by atoms with Gasteiger partial charge in [-0.2, -0.15) is 0 Å². The van der Waals surface area contributed by atoms with Crippen LogP contribution in [0.4, 0.5) is 5.69 Å². The second kappa shape index (κ2) is 6.93. The molecule has 1 aliphatic carbocycles. The van der Waals surface area contributed by atoms with E-state index in [4.69, 9.17) is 5.73 Å². The lowest BCUT2D eigenvalue weighted by molar-refractivity contribution is -0.128. The van der Waals surface area contributed by atoms with Crippen LogP contribution in [0.1, 0.15) is 63.5 Å². The van der Waals surface area contributed by atoms with Crippen molar-refractivity contribution in [1.82, 2.24) is 5.32 Å². The maximum Gasteiger partial charge on any atom is 0.240 e. The zero-order chi connectivity index (χ0) is 17.2. The standard InChI is InChI=1S/C19H27N3O2/c1-14(21-18(24)19(20)10-3-2-4-11-19)15-7-5-8-16(13-15)22-12-6-9-17(22)23/h5,7-8,13-14H,2-4,6,9-12,20H2,1H3,(H,21,24). The molecule has 2 aliphatic rings. The number of nitrogens with zero attached hydrogens (tertiary/aromatic N) is 1. The van der Waals surface area contributed by atoms with Gasteiger partial charge < -0.3 is 16.0 Å². The monoisotopic (exact) mass is 329 g/mol. The first-order valence-electron chi connectivity index (χ1n) is 9.00. The van der Waals surface area contributed by atoms with E-state index in [2.05, 4.69) is 5.32 Å². The number of anilines is 1. The van der Waals surface area contributed by atoms with Gasteiger partial charge in [-0.05, 0) is 43.9 Å². The third kappa shape index (κ3) is 3.46. The largest absolute Gasteiger partial charge is 0.348 e. The Balaban J connectivity index is 1.69. The molecule has 1 aromatic rings. The first-order valence-corrected chi connectivity index (χ1v) is 9.00. The highest BCUT2D eigenvalue weighted by molar-refractivity contribution is 5.95. The van der Waals surface area contributed by atoms with Crippen molar-refractivity contribution in [1.29, 1.82) is 0 Å². The maximum absolute atomic E-state index is 12.6. The lowest BCUT2D eigenvalue weighted by Gasteiger charge is -2.33. The Morgan fingerprint density at radius 1 is 1.25 bits per heavy atom. The fourth-order valence-electron chi connectivity index (χ4n) is 3.72. The van der Waals surface area contributed by atoms with Crippen LogP contribution in [0.5, 0.6) is 0 Å². The van der Waals surface area contributed by atoms with Gasteiger partial charge in [0.25, 0.3) is 0 Å². The molecule has 1 saturated carbocycles. The van der Waals surface area contributed by atoms with Crippen LogP contribution in [0, 0.1) is 0 Å². The van der Waals surface area contributed by atoms with Crippen LogP contribution in [-0.2, 0) is 9.59 Å². The normalized spacial score (nSPS) is 21.6. The second-order valence-corrected chi connectivity index (χ2v) is 7.16. The van der Waals surface area contributed by atoms with Crippen LogP contribution in [0.2, 0.25) is 0 Å². The molecule has 5 heteroatoms. The summed E-state index contributed by atoms with van der Waals surface area (Å²) in [5.74, 6) is 0.115. The highest BCUT2D eigenvalue weighted by Crippen LogP contribution is 2.28. The van der Waals surface area contributed by atoms with Gasteiger partial charge in [-0.1, -0.05) is 31.4 Å². The van der Waals surface area contributed by atoms with Gasteiger partial charge in [0.05, 0.1) is 11.6 Å². The van der Waals surface area contributed by atoms with Crippen LogP contribution < -0.4 is 16.0 Å². The van der Waals surface area contributed by atoms with E-state index in [-0.39, 0.29) is 17.9 Å². The summed E-state index contributed by atoms with van der Waals surface area (Å²) in [5, 5.41) is 3.07.